The molecule has 0 spiro atoms. The van der Waals surface area contributed by atoms with Gasteiger partial charge in [0.15, 0.2) is 0 Å². The van der Waals surface area contributed by atoms with Crippen LogP contribution in [0.15, 0.2) is 29.5 Å². The number of pyridine rings is 1. The Hall–Kier alpha value is -2.62. The van der Waals surface area contributed by atoms with E-state index in [0.29, 0.717) is 23.7 Å². The van der Waals surface area contributed by atoms with Crippen molar-refractivity contribution in [2.75, 3.05) is 5.32 Å². The highest BCUT2D eigenvalue weighted by molar-refractivity contribution is 5.94. The third-order valence-corrected chi connectivity index (χ3v) is 6.03. The SMILES string of the molecule is CC(c1cc(C(F)(F)F)c[nH]c1=O)n1cc(NC(=O)[C@@H](N)C(C2CC2)C2CC2)cn1. The molecule has 2 fully saturated rings. The Balaban J connectivity index is 1.47. The van der Waals surface area contributed by atoms with Crippen LogP contribution in [0.3, 0.4) is 0 Å². The maximum Gasteiger partial charge on any atom is 0.417 e. The third kappa shape index (κ3) is 4.28. The van der Waals surface area contributed by atoms with Gasteiger partial charge in [0.25, 0.3) is 5.56 Å². The van der Waals surface area contributed by atoms with E-state index in [2.05, 4.69) is 15.4 Å². The van der Waals surface area contributed by atoms with Crippen molar-refractivity contribution >= 4 is 11.6 Å². The second kappa shape index (κ2) is 7.57. The minimum Gasteiger partial charge on any atom is -0.328 e. The lowest BCUT2D eigenvalue weighted by molar-refractivity contribution is -0.137. The Morgan fingerprint density at radius 2 is 1.93 bits per heavy atom. The van der Waals surface area contributed by atoms with E-state index in [1.807, 2.05) is 0 Å². The zero-order valence-electron chi connectivity index (χ0n) is 16.4. The van der Waals surface area contributed by atoms with E-state index in [0.717, 1.165) is 31.7 Å². The lowest BCUT2D eigenvalue weighted by atomic mass is 9.89. The zero-order chi connectivity index (χ0) is 21.6. The summed E-state index contributed by atoms with van der Waals surface area (Å²) in [7, 11) is 0. The predicted molar refractivity (Wildman–Crippen MR) is 104 cm³/mol. The first-order valence-electron chi connectivity index (χ1n) is 10.1. The van der Waals surface area contributed by atoms with Crippen molar-refractivity contribution in [2.24, 2.45) is 23.5 Å². The summed E-state index contributed by atoms with van der Waals surface area (Å²) in [6.45, 7) is 1.56. The fourth-order valence-electron chi connectivity index (χ4n) is 4.07. The highest BCUT2D eigenvalue weighted by atomic mass is 19.4. The van der Waals surface area contributed by atoms with E-state index in [-0.39, 0.29) is 17.4 Å². The maximum atomic E-state index is 13.0. The molecule has 0 saturated heterocycles. The summed E-state index contributed by atoms with van der Waals surface area (Å²) < 4.78 is 40.3. The highest BCUT2D eigenvalue weighted by Crippen LogP contribution is 2.50. The van der Waals surface area contributed by atoms with Gasteiger partial charge in [-0.15, -0.1) is 0 Å². The maximum absolute atomic E-state index is 13.0. The molecule has 2 saturated carbocycles. The first-order chi connectivity index (χ1) is 14.1. The van der Waals surface area contributed by atoms with Crippen LogP contribution in [-0.2, 0) is 11.0 Å². The quantitative estimate of drug-likeness (QED) is 0.637. The van der Waals surface area contributed by atoms with Crippen LogP contribution in [0.4, 0.5) is 18.9 Å². The van der Waals surface area contributed by atoms with Gasteiger partial charge < -0.3 is 16.0 Å². The van der Waals surface area contributed by atoms with Crippen molar-refractivity contribution < 1.29 is 18.0 Å². The van der Waals surface area contributed by atoms with Crippen molar-refractivity contribution in [3.63, 3.8) is 0 Å². The van der Waals surface area contributed by atoms with Crippen molar-refractivity contribution in [1.82, 2.24) is 14.8 Å². The van der Waals surface area contributed by atoms with E-state index in [4.69, 9.17) is 5.73 Å². The van der Waals surface area contributed by atoms with E-state index in [1.165, 1.54) is 17.1 Å². The number of nitrogens with zero attached hydrogens (tertiary/aromatic N) is 2. The van der Waals surface area contributed by atoms with Gasteiger partial charge in [-0.2, -0.15) is 18.3 Å². The van der Waals surface area contributed by atoms with Gasteiger partial charge in [0.1, 0.15) is 0 Å². The lowest BCUT2D eigenvalue weighted by Gasteiger charge is -2.22. The molecule has 0 aromatic carbocycles. The molecule has 1 amide bonds. The molecule has 2 aromatic heterocycles. The summed E-state index contributed by atoms with van der Waals surface area (Å²) in [5.74, 6) is 0.952. The number of carbonyl (C=O) groups is 1. The van der Waals surface area contributed by atoms with Crippen LogP contribution >= 0.6 is 0 Å². The molecule has 2 aliphatic rings. The molecule has 30 heavy (non-hydrogen) atoms. The molecule has 4 rings (SSSR count). The van der Waals surface area contributed by atoms with E-state index in [9.17, 15) is 22.8 Å². The number of amides is 1. The first-order valence-corrected chi connectivity index (χ1v) is 10.1. The number of aromatic nitrogens is 3. The normalized spacial score (nSPS) is 19.0. The number of rotatable bonds is 7. The molecule has 10 heteroatoms. The molecule has 0 aliphatic heterocycles. The van der Waals surface area contributed by atoms with Crippen LogP contribution in [0.25, 0.3) is 0 Å². The van der Waals surface area contributed by atoms with E-state index in [1.54, 1.807) is 6.92 Å². The van der Waals surface area contributed by atoms with Crippen molar-refractivity contribution in [3.8, 4) is 0 Å². The van der Waals surface area contributed by atoms with Gasteiger partial charge in [-0.25, -0.2) is 0 Å². The number of hydrogen-bond acceptors (Lipinski definition) is 4. The predicted octanol–water partition coefficient (Wildman–Crippen LogP) is 2.90. The van der Waals surface area contributed by atoms with E-state index < -0.39 is 29.4 Å². The minimum atomic E-state index is -4.57. The van der Waals surface area contributed by atoms with Gasteiger partial charge in [-0.3, -0.25) is 14.3 Å². The average molecular weight is 423 g/mol. The number of H-pyrrole nitrogens is 1. The Morgan fingerprint density at radius 1 is 1.30 bits per heavy atom. The Kier molecular flexibility index (Phi) is 5.21. The second-order valence-corrected chi connectivity index (χ2v) is 8.32. The number of halogens is 3. The molecule has 0 radical (unpaired) electrons. The molecule has 2 atom stereocenters. The topological polar surface area (TPSA) is 106 Å². The lowest BCUT2D eigenvalue weighted by Crippen LogP contribution is -2.43. The fraction of sp³-hybridized carbons (Fsp3) is 0.550. The summed E-state index contributed by atoms with van der Waals surface area (Å²) in [4.78, 5) is 26.8. The van der Waals surface area contributed by atoms with Gasteiger partial charge in [0, 0.05) is 18.0 Å². The fourth-order valence-corrected chi connectivity index (χ4v) is 4.07. The first kappa shape index (κ1) is 20.6. The Morgan fingerprint density at radius 3 is 2.50 bits per heavy atom. The Labute approximate surface area is 170 Å². The van der Waals surface area contributed by atoms with E-state index >= 15 is 0 Å². The molecule has 7 nitrogen and oxygen atoms in total. The standard InChI is InChI=1S/C20H24F3N5O2/c1-10(15-6-13(20(21,22)23)7-25-18(15)29)28-9-14(8-26-28)27-19(30)17(24)16(11-2-3-11)12-4-5-12/h6-12,16-17H,2-5,24H2,1H3,(H,25,29)(H,27,30)/t10?,17-/m0/s1. The van der Waals surface area contributed by atoms with Crippen molar-refractivity contribution in [3.05, 3.63) is 46.1 Å². The molecule has 2 aromatic rings. The summed E-state index contributed by atoms with van der Waals surface area (Å²) >= 11 is 0. The second-order valence-electron chi connectivity index (χ2n) is 8.32. The summed E-state index contributed by atoms with van der Waals surface area (Å²) in [5, 5.41) is 6.86. The van der Waals surface area contributed by atoms with Crippen molar-refractivity contribution in [2.45, 2.75) is 50.9 Å². The van der Waals surface area contributed by atoms with Gasteiger partial charge in [-0.05, 0) is 56.4 Å². The molecule has 0 bridgehead atoms. The summed E-state index contributed by atoms with van der Waals surface area (Å²) in [6.07, 6.45) is 3.41. The third-order valence-electron chi connectivity index (χ3n) is 6.03. The van der Waals surface area contributed by atoms with Crippen LogP contribution in [0, 0.1) is 17.8 Å². The largest absolute Gasteiger partial charge is 0.417 e. The van der Waals surface area contributed by atoms with Crippen LogP contribution in [0.1, 0.15) is 49.8 Å². The zero-order valence-corrected chi connectivity index (χ0v) is 16.4. The number of aromatic amines is 1. The van der Waals surface area contributed by atoms with Crippen LogP contribution in [-0.4, -0.2) is 26.7 Å². The van der Waals surface area contributed by atoms with Crippen LogP contribution in [0.2, 0.25) is 0 Å². The summed E-state index contributed by atoms with van der Waals surface area (Å²) in [6, 6.07) is -0.548. The number of nitrogens with two attached hydrogens (primary N) is 1. The van der Waals surface area contributed by atoms with Crippen LogP contribution < -0.4 is 16.6 Å². The smallest absolute Gasteiger partial charge is 0.328 e. The minimum absolute atomic E-state index is 0.0787. The van der Waals surface area contributed by atoms with Crippen LogP contribution in [0.5, 0.6) is 0 Å². The molecule has 2 heterocycles. The van der Waals surface area contributed by atoms with Gasteiger partial charge in [-0.1, -0.05) is 0 Å². The number of anilines is 1. The molecule has 162 valence electrons. The molecular weight excluding hydrogens is 399 g/mol. The number of nitrogens with one attached hydrogen (secondary N) is 2. The molecule has 2 aliphatic carbocycles. The van der Waals surface area contributed by atoms with Gasteiger partial charge >= 0.3 is 6.18 Å². The highest BCUT2D eigenvalue weighted by Gasteiger charge is 2.46. The molecule has 1 unspecified atom stereocenters. The van der Waals surface area contributed by atoms with Gasteiger partial charge in [0.05, 0.1) is 29.5 Å². The number of hydrogen-bond donors (Lipinski definition) is 3. The summed E-state index contributed by atoms with van der Waals surface area (Å²) in [5.41, 5.74) is 4.97. The van der Waals surface area contributed by atoms with Crippen molar-refractivity contribution in [1.29, 1.82) is 0 Å². The average Bonchev–Trinajstić information content (AvgIpc) is 3.62. The monoisotopic (exact) mass is 423 g/mol. The number of carbonyl (C=O) groups excluding carboxylic acids is 1. The molecular formula is C20H24F3N5O2. The number of alkyl halides is 3. The Bertz CT molecular complexity index is 979. The molecule has 4 N–H and O–H groups in total. The van der Waals surface area contributed by atoms with Gasteiger partial charge in [0.2, 0.25) is 5.91 Å².